The van der Waals surface area contributed by atoms with Crippen LogP contribution in [0.2, 0.25) is 10.2 Å². The number of aromatic nitrogens is 1. The van der Waals surface area contributed by atoms with E-state index in [1.807, 2.05) is 13.8 Å². The molecule has 1 aromatic heterocycles. The maximum atomic E-state index is 5.86. The normalized spacial score (nSPS) is 18.5. The zero-order valence-corrected chi connectivity index (χ0v) is 9.93. The standard InChI is InChI=1S/C10H10Cl2N2O/c1-10(2)5-15-9(14-10)6-3-7(11)8(12)13-4-6/h3-4H,5H2,1-2H3. The molecule has 80 valence electrons. The number of nitrogens with zero attached hydrogens (tertiary/aromatic N) is 2. The first-order valence-corrected chi connectivity index (χ1v) is 5.28. The smallest absolute Gasteiger partial charge is 0.218 e. The highest BCUT2D eigenvalue weighted by atomic mass is 35.5. The van der Waals surface area contributed by atoms with Gasteiger partial charge >= 0.3 is 0 Å². The third-order valence-corrected chi connectivity index (χ3v) is 2.70. The van der Waals surface area contributed by atoms with Crippen molar-refractivity contribution in [3.63, 3.8) is 0 Å². The molecule has 3 nitrogen and oxygen atoms in total. The van der Waals surface area contributed by atoms with Crippen LogP contribution >= 0.6 is 23.2 Å². The molecule has 0 amide bonds. The van der Waals surface area contributed by atoms with E-state index in [4.69, 9.17) is 27.9 Å². The van der Waals surface area contributed by atoms with Crippen molar-refractivity contribution in [2.75, 3.05) is 6.61 Å². The Morgan fingerprint density at radius 3 is 2.67 bits per heavy atom. The van der Waals surface area contributed by atoms with Crippen LogP contribution in [0.15, 0.2) is 17.3 Å². The largest absolute Gasteiger partial charge is 0.475 e. The highest BCUT2D eigenvalue weighted by Crippen LogP contribution is 2.24. The topological polar surface area (TPSA) is 34.5 Å². The summed E-state index contributed by atoms with van der Waals surface area (Å²) in [5.74, 6) is 0.575. The molecule has 1 aliphatic heterocycles. The molecule has 2 heterocycles. The van der Waals surface area contributed by atoms with Gasteiger partial charge in [-0.15, -0.1) is 0 Å². The summed E-state index contributed by atoms with van der Waals surface area (Å²) < 4.78 is 5.46. The van der Waals surface area contributed by atoms with Crippen LogP contribution in [0.1, 0.15) is 19.4 Å². The van der Waals surface area contributed by atoms with Crippen molar-refractivity contribution in [1.82, 2.24) is 4.98 Å². The van der Waals surface area contributed by atoms with Gasteiger partial charge in [0.15, 0.2) is 0 Å². The Morgan fingerprint density at radius 2 is 2.13 bits per heavy atom. The second-order valence-electron chi connectivity index (χ2n) is 4.01. The Hall–Kier alpha value is -0.800. The van der Waals surface area contributed by atoms with Crippen LogP contribution in [0.25, 0.3) is 0 Å². The van der Waals surface area contributed by atoms with Crippen molar-refractivity contribution in [2.24, 2.45) is 4.99 Å². The molecule has 0 unspecified atom stereocenters. The number of hydrogen-bond acceptors (Lipinski definition) is 3. The lowest BCUT2D eigenvalue weighted by Gasteiger charge is -2.07. The molecule has 2 rings (SSSR count). The maximum Gasteiger partial charge on any atom is 0.218 e. The van der Waals surface area contributed by atoms with Crippen molar-refractivity contribution in [3.05, 3.63) is 28.0 Å². The van der Waals surface area contributed by atoms with E-state index in [2.05, 4.69) is 9.98 Å². The van der Waals surface area contributed by atoms with Gasteiger partial charge in [0.2, 0.25) is 5.90 Å². The number of aliphatic imine (C=N–C) groups is 1. The Labute approximate surface area is 98.1 Å². The summed E-state index contributed by atoms with van der Waals surface area (Å²) in [7, 11) is 0. The third kappa shape index (κ3) is 2.24. The molecule has 0 saturated carbocycles. The molecule has 0 aliphatic carbocycles. The molecule has 0 aromatic carbocycles. The van der Waals surface area contributed by atoms with Gasteiger partial charge in [-0.05, 0) is 19.9 Å². The van der Waals surface area contributed by atoms with E-state index in [0.29, 0.717) is 22.7 Å². The van der Waals surface area contributed by atoms with E-state index in [1.165, 1.54) is 0 Å². The van der Waals surface area contributed by atoms with E-state index in [9.17, 15) is 0 Å². The molecular formula is C10H10Cl2N2O. The lowest BCUT2D eigenvalue weighted by Crippen LogP contribution is -2.17. The van der Waals surface area contributed by atoms with E-state index in [-0.39, 0.29) is 5.54 Å². The van der Waals surface area contributed by atoms with Crippen LogP contribution in [0, 0.1) is 0 Å². The second-order valence-corrected chi connectivity index (χ2v) is 4.78. The summed E-state index contributed by atoms with van der Waals surface area (Å²) in [4.78, 5) is 8.36. The summed E-state index contributed by atoms with van der Waals surface area (Å²) in [6.07, 6.45) is 1.61. The van der Waals surface area contributed by atoms with Crippen molar-refractivity contribution in [3.8, 4) is 0 Å². The van der Waals surface area contributed by atoms with E-state index >= 15 is 0 Å². The van der Waals surface area contributed by atoms with Gasteiger partial charge in [0.25, 0.3) is 0 Å². The van der Waals surface area contributed by atoms with Crippen molar-refractivity contribution < 1.29 is 4.74 Å². The fourth-order valence-corrected chi connectivity index (χ4v) is 1.54. The Kier molecular flexibility index (Phi) is 2.61. The predicted octanol–water partition coefficient (Wildman–Crippen LogP) is 2.94. The molecule has 1 aromatic rings. The van der Waals surface area contributed by atoms with Crippen molar-refractivity contribution in [1.29, 1.82) is 0 Å². The minimum atomic E-state index is -0.179. The third-order valence-electron chi connectivity index (χ3n) is 2.01. The van der Waals surface area contributed by atoms with Gasteiger partial charge in [-0.2, -0.15) is 0 Å². The molecule has 0 radical (unpaired) electrons. The van der Waals surface area contributed by atoms with Crippen LogP contribution < -0.4 is 0 Å². The molecule has 5 heteroatoms. The zero-order valence-electron chi connectivity index (χ0n) is 8.42. The maximum absolute atomic E-state index is 5.86. The summed E-state index contributed by atoms with van der Waals surface area (Å²) in [5.41, 5.74) is 0.580. The number of ether oxygens (including phenoxy) is 1. The van der Waals surface area contributed by atoms with Gasteiger partial charge in [0.05, 0.1) is 16.1 Å². The van der Waals surface area contributed by atoms with Gasteiger partial charge < -0.3 is 4.74 Å². The first-order valence-electron chi connectivity index (χ1n) is 4.52. The number of halogens is 2. The van der Waals surface area contributed by atoms with Gasteiger partial charge in [-0.1, -0.05) is 23.2 Å². The molecule has 1 aliphatic rings. The molecule has 0 N–H and O–H groups in total. The number of pyridine rings is 1. The molecule has 0 saturated heterocycles. The highest BCUT2D eigenvalue weighted by molar-refractivity contribution is 6.41. The Morgan fingerprint density at radius 1 is 1.40 bits per heavy atom. The molecule has 15 heavy (non-hydrogen) atoms. The minimum Gasteiger partial charge on any atom is -0.475 e. The second kappa shape index (κ2) is 3.65. The van der Waals surface area contributed by atoms with Crippen molar-refractivity contribution >= 4 is 29.1 Å². The Balaban J connectivity index is 2.36. The molecule has 0 atom stereocenters. The lowest BCUT2D eigenvalue weighted by atomic mass is 10.1. The van der Waals surface area contributed by atoms with Crippen molar-refractivity contribution in [2.45, 2.75) is 19.4 Å². The molecule has 0 bridgehead atoms. The van der Waals surface area contributed by atoms with Crippen LogP contribution in [-0.4, -0.2) is 23.0 Å². The summed E-state index contributed by atoms with van der Waals surface area (Å²) in [6, 6.07) is 1.71. The number of rotatable bonds is 1. The fourth-order valence-electron chi connectivity index (χ4n) is 1.27. The summed E-state index contributed by atoms with van der Waals surface area (Å²) >= 11 is 11.6. The average Bonchev–Trinajstić information content (AvgIpc) is 2.51. The van der Waals surface area contributed by atoms with Gasteiger partial charge in [-0.25, -0.2) is 9.98 Å². The molecular weight excluding hydrogens is 235 g/mol. The first kappa shape index (κ1) is 10.7. The zero-order chi connectivity index (χ0) is 11.1. The summed E-state index contributed by atoms with van der Waals surface area (Å²) in [6.45, 7) is 4.58. The van der Waals surface area contributed by atoms with Gasteiger partial charge in [0.1, 0.15) is 11.8 Å². The lowest BCUT2D eigenvalue weighted by molar-refractivity contribution is 0.279. The van der Waals surface area contributed by atoms with Crippen LogP contribution in [-0.2, 0) is 4.74 Å². The van der Waals surface area contributed by atoms with Gasteiger partial charge in [-0.3, -0.25) is 0 Å². The quantitative estimate of drug-likeness (QED) is 0.713. The average molecular weight is 245 g/mol. The summed E-state index contributed by atoms with van der Waals surface area (Å²) in [5, 5.41) is 0.698. The van der Waals surface area contributed by atoms with Gasteiger partial charge in [0, 0.05) is 6.20 Å². The van der Waals surface area contributed by atoms with E-state index in [0.717, 1.165) is 5.56 Å². The molecule has 0 spiro atoms. The minimum absolute atomic E-state index is 0.179. The van der Waals surface area contributed by atoms with Crippen LogP contribution in [0.5, 0.6) is 0 Å². The number of hydrogen-bond donors (Lipinski definition) is 0. The van der Waals surface area contributed by atoms with Crippen LogP contribution in [0.3, 0.4) is 0 Å². The monoisotopic (exact) mass is 244 g/mol. The van der Waals surface area contributed by atoms with E-state index < -0.39 is 0 Å². The van der Waals surface area contributed by atoms with Crippen LogP contribution in [0.4, 0.5) is 0 Å². The highest BCUT2D eigenvalue weighted by Gasteiger charge is 2.27. The first-order chi connectivity index (χ1) is 6.98. The fraction of sp³-hybridized carbons (Fsp3) is 0.400. The molecule has 0 fully saturated rings. The van der Waals surface area contributed by atoms with E-state index in [1.54, 1.807) is 12.3 Å². The predicted molar refractivity (Wildman–Crippen MR) is 60.8 cm³/mol. The SMILES string of the molecule is CC1(C)COC(c2cnc(Cl)c(Cl)c2)=N1. The Bertz CT molecular complexity index is 429.